The quantitative estimate of drug-likeness (QED) is 0.287. The summed E-state index contributed by atoms with van der Waals surface area (Å²) in [7, 11) is 0. The van der Waals surface area contributed by atoms with Crippen molar-refractivity contribution in [2.75, 3.05) is 0 Å². The van der Waals surface area contributed by atoms with E-state index >= 15 is 0 Å². The zero-order chi connectivity index (χ0) is 19.6. The monoisotopic (exact) mass is 553 g/mol. The Bertz CT molecular complexity index is 1100. The van der Waals surface area contributed by atoms with Gasteiger partial charge >= 0.3 is 0 Å². The first kappa shape index (κ1) is 21.6. The van der Waals surface area contributed by atoms with Crippen LogP contribution in [0.5, 0.6) is 0 Å². The number of rotatable bonds is 2. The minimum absolute atomic E-state index is 0. The van der Waals surface area contributed by atoms with E-state index in [1.165, 1.54) is 41.8 Å². The number of para-hydroxylation sites is 1. The zero-order valence-corrected chi connectivity index (χ0v) is 18.6. The SMILES string of the molecule is CC(=O)/C=C(/C)O.Cc1c[n-]c(-n2c3ccccc3c3cccnc32)c1C.[Ir]. The summed E-state index contributed by atoms with van der Waals surface area (Å²) in [6.45, 7) is 7.05. The number of carbonyl (C=O) groups excluding carboxylic acids is 1. The van der Waals surface area contributed by atoms with E-state index in [-0.39, 0.29) is 31.6 Å². The number of allylic oxidation sites excluding steroid dienone is 2. The molecule has 4 aromatic rings. The number of benzene rings is 1. The standard InChI is InChI=1S/C17H14N3.C5H8O2.Ir/c1-11-10-19-16(12(11)2)20-15-8-4-3-6-13(15)14-7-5-9-18-17(14)20;1-4(6)3-5(2)7;/h3-10H,1-2H3;3,6H,1-2H3;/q-1;;/b;4-3-;. The Morgan fingerprint density at radius 2 is 1.79 bits per heavy atom. The third-order valence-electron chi connectivity index (χ3n) is 4.36. The fraction of sp³-hybridized carbons (Fsp3) is 0.182. The van der Waals surface area contributed by atoms with Gasteiger partial charge in [-0.25, -0.2) is 0 Å². The summed E-state index contributed by atoms with van der Waals surface area (Å²) in [5.74, 6) is 0.917. The molecule has 1 radical (unpaired) electrons. The van der Waals surface area contributed by atoms with E-state index in [1.807, 2.05) is 18.5 Å². The number of aromatic nitrogens is 3. The molecule has 0 unspecified atom stereocenters. The van der Waals surface area contributed by atoms with Crippen molar-refractivity contribution >= 4 is 27.7 Å². The molecule has 0 aliphatic heterocycles. The van der Waals surface area contributed by atoms with E-state index in [2.05, 4.69) is 58.7 Å². The summed E-state index contributed by atoms with van der Waals surface area (Å²) < 4.78 is 2.16. The second-order valence-corrected chi connectivity index (χ2v) is 6.51. The van der Waals surface area contributed by atoms with Gasteiger partial charge in [0.2, 0.25) is 0 Å². The Labute approximate surface area is 177 Å². The molecule has 3 aromatic heterocycles. The summed E-state index contributed by atoms with van der Waals surface area (Å²) in [5, 5.41) is 10.8. The number of hydrogen-bond acceptors (Lipinski definition) is 3. The summed E-state index contributed by atoms with van der Waals surface area (Å²) in [5.41, 5.74) is 4.54. The maximum Gasteiger partial charge on any atom is 0.155 e. The molecule has 0 saturated heterocycles. The van der Waals surface area contributed by atoms with Gasteiger partial charge in [0.15, 0.2) is 5.78 Å². The Balaban J connectivity index is 0.000000306. The number of nitrogens with zero attached hydrogens (tertiary/aromatic N) is 3. The smallest absolute Gasteiger partial charge is 0.155 e. The van der Waals surface area contributed by atoms with Crippen molar-refractivity contribution in [2.45, 2.75) is 27.7 Å². The van der Waals surface area contributed by atoms with Gasteiger partial charge in [0.1, 0.15) is 0 Å². The first-order valence-electron chi connectivity index (χ1n) is 8.71. The molecule has 0 fully saturated rings. The topological polar surface area (TPSA) is 69.2 Å². The molecule has 6 heteroatoms. The summed E-state index contributed by atoms with van der Waals surface area (Å²) in [4.78, 5) is 19.2. The van der Waals surface area contributed by atoms with Gasteiger partial charge in [-0.1, -0.05) is 42.1 Å². The van der Waals surface area contributed by atoms with Crippen molar-refractivity contribution in [2.24, 2.45) is 0 Å². The van der Waals surface area contributed by atoms with Crippen LogP contribution in [0.4, 0.5) is 0 Å². The van der Waals surface area contributed by atoms with Crippen LogP contribution < -0.4 is 4.98 Å². The van der Waals surface area contributed by atoms with Crippen LogP contribution >= 0.6 is 0 Å². The summed E-state index contributed by atoms with van der Waals surface area (Å²) in [6.07, 6.45) is 4.93. The Morgan fingerprint density at radius 1 is 1.11 bits per heavy atom. The predicted octanol–water partition coefficient (Wildman–Crippen LogP) is 4.79. The van der Waals surface area contributed by atoms with Crippen molar-refractivity contribution < 1.29 is 30.0 Å². The van der Waals surface area contributed by atoms with Crippen LogP contribution in [0, 0.1) is 13.8 Å². The van der Waals surface area contributed by atoms with Gasteiger partial charge < -0.3 is 14.7 Å². The molecule has 0 aliphatic rings. The predicted molar refractivity (Wildman–Crippen MR) is 108 cm³/mol. The number of pyridine rings is 1. The normalized spacial score (nSPS) is 11.1. The molecular weight excluding hydrogens is 530 g/mol. The third kappa shape index (κ3) is 4.24. The van der Waals surface area contributed by atoms with Gasteiger partial charge in [-0.2, -0.15) is 0 Å². The number of ketones is 1. The number of fused-ring (bicyclic) bond motifs is 3. The van der Waals surface area contributed by atoms with E-state index in [0.29, 0.717) is 0 Å². The third-order valence-corrected chi connectivity index (χ3v) is 4.36. The molecule has 147 valence electrons. The molecule has 0 spiro atoms. The average molecular weight is 553 g/mol. The molecule has 4 rings (SSSR count). The molecule has 1 aromatic carbocycles. The molecule has 5 nitrogen and oxygen atoms in total. The minimum atomic E-state index is -0.125. The van der Waals surface area contributed by atoms with Crippen molar-refractivity contribution in [3.63, 3.8) is 0 Å². The maximum atomic E-state index is 10.0. The van der Waals surface area contributed by atoms with Crippen LogP contribution in [0.15, 0.2) is 60.6 Å². The number of aliphatic hydroxyl groups excluding tert-OH is 1. The van der Waals surface area contributed by atoms with Gasteiger partial charge in [-0.15, -0.1) is 0 Å². The van der Waals surface area contributed by atoms with Gasteiger partial charge in [0, 0.05) is 37.8 Å². The van der Waals surface area contributed by atoms with E-state index in [0.717, 1.165) is 17.0 Å². The van der Waals surface area contributed by atoms with Crippen LogP contribution in [0.2, 0.25) is 0 Å². The fourth-order valence-electron chi connectivity index (χ4n) is 3.06. The van der Waals surface area contributed by atoms with E-state index in [1.54, 1.807) is 0 Å². The Hall–Kier alpha value is -2.69. The van der Waals surface area contributed by atoms with Gasteiger partial charge in [0.25, 0.3) is 0 Å². The molecule has 0 bridgehead atoms. The Morgan fingerprint density at radius 3 is 2.36 bits per heavy atom. The van der Waals surface area contributed by atoms with Crippen molar-refractivity contribution in [3.05, 3.63) is 71.8 Å². The second-order valence-electron chi connectivity index (χ2n) is 6.51. The number of aliphatic hydroxyl groups is 1. The van der Waals surface area contributed by atoms with Crippen molar-refractivity contribution in [1.82, 2.24) is 14.5 Å². The minimum Gasteiger partial charge on any atom is -0.512 e. The molecule has 28 heavy (non-hydrogen) atoms. The van der Waals surface area contributed by atoms with E-state index < -0.39 is 0 Å². The number of hydrogen-bond donors (Lipinski definition) is 1. The Kier molecular flexibility index (Phi) is 6.95. The molecule has 1 N–H and O–H groups in total. The van der Waals surface area contributed by atoms with Gasteiger partial charge in [-0.3, -0.25) is 9.78 Å². The average Bonchev–Trinajstić information content (AvgIpc) is 3.12. The molecule has 0 saturated carbocycles. The van der Waals surface area contributed by atoms with Gasteiger partial charge in [0.05, 0.1) is 11.4 Å². The van der Waals surface area contributed by atoms with Crippen molar-refractivity contribution in [1.29, 1.82) is 0 Å². The summed E-state index contributed by atoms with van der Waals surface area (Å²) >= 11 is 0. The molecular formula is C22H22IrN3O2-. The molecule has 0 amide bonds. The fourth-order valence-corrected chi connectivity index (χ4v) is 3.06. The first-order valence-corrected chi connectivity index (χ1v) is 8.71. The number of aryl methyl sites for hydroxylation is 1. The van der Waals surface area contributed by atoms with Crippen LogP contribution in [0.3, 0.4) is 0 Å². The van der Waals surface area contributed by atoms with Crippen LogP contribution in [-0.2, 0) is 24.9 Å². The van der Waals surface area contributed by atoms with Crippen LogP contribution in [0.1, 0.15) is 25.0 Å². The van der Waals surface area contributed by atoms with Crippen LogP contribution in [0.25, 0.3) is 27.8 Å². The van der Waals surface area contributed by atoms with Crippen molar-refractivity contribution in [3.8, 4) is 5.82 Å². The second kappa shape index (κ2) is 9.00. The van der Waals surface area contributed by atoms with E-state index in [4.69, 9.17) is 5.11 Å². The molecule has 3 heterocycles. The zero-order valence-electron chi connectivity index (χ0n) is 16.2. The number of carbonyl (C=O) groups is 1. The maximum absolute atomic E-state index is 10.0. The first-order chi connectivity index (χ1) is 12.9. The van der Waals surface area contributed by atoms with Crippen LogP contribution in [-0.4, -0.2) is 20.4 Å². The molecule has 0 atom stereocenters. The largest absolute Gasteiger partial charge is 0.512 e. The van der Waals surface area contributed by atoms with E-state index in [9.17, 15) is 4.79 Å². The molecule has 0 aliphatic carbocycles. The van der Waals surface area contributed by atoms with Gasteiger partial charge in [-0.05, 0) is 56.0 Å². The summed E-state index contributed by atoms with van der Waals surface area (Å²) in [6, 6.07) is 12.5.